The quantitative estimate of drug-likeness (QED) is 0.387. The van der Waals surface area contributed by atoms with Crippen molar-refractivity contribution in [3.63, 3.8) is 0 Å². The monoisotopic (exact) mass is 525 g/mol. The first-order valence-corrected chi connectivity index (χ1v) is 16.2. The fraction of sp³-hybridized carbons (Fsp3) is 0.458. The topological polar surface area (TPSA) is 93.1 Å². The molecule has 2 rings (SSSR count). The number of benzene rings is 1. The van der Waals surface area contributed by atoms with E-state index in [0.29, 0.717) is 18.8 Å². The van der Waals surface area contributed by atoms with Crippen LogP contribution in [0.4, 0.5) is 0 Å². The van der Waals surface area contributed by atoms with Gasteiger partial charge in [0.05, 0.1) is 18.6 Å². The minimum Gasteiger partial charge on any atom is -0.497 e. The third kappa shape index (κ3) is 7.51. The Kier molecular flexibility index (Phi) is 9.67. The number of hydrogen-bond acceptors (Lipinski definition) is 6. The van der Waals surface area contributed by atoms with Gasteiger partial charge in [0, 0.05) is 11.4 Å². The Morgan fingerprint density at radius 2 is 1.82 bits per heavy atom. The number of carboxylic acid groups (broad SMARTS) is 1. The fourth-order valence-electron chi connectivity index (χ4n) is 2.91. The van der Waals surface area contributed by atoms with Crippen molar-refractivity contribution in [2.75, 3.05) is 26.8 Å². The van der Waals surface area contributed by atoms with Crippen LogP contribution in [0.1, 0.15) is 31.2 Å². The van der Waals surface area contributed by atoms with Crippen molar-refractivity contribution in [1.82, 2.24) is 4.31 Å². The van der Waals surface area contributed by atoms with Crippen molar-refractivity contribution >= 4 is 41.7 Å². The summed E-state index contributed by atoms with van der Waals surface area (Å²) in [6.07, 6.45) is 4.37. The zero-order valence-electron chi connectivity index (χ0n) is 20.7. The molecule has 0 amide bonds. The molecule has 0 aliphatic heterocycles. The van der Waals surface area contributed by atoms with E-state index in [1.54, 1.807) is 12.1 Å². The van der Waals surface area contributed by atoms with Crippen LogP contribution in [0.5, 0.6) is 5.75 Å². The molecule has 1 heterocycles. The summed E-state index contributed by atoms with van der Waals surface area (Å²) in [5.41, 5.74) is 0.987. The summed E-state index contributed by atoms with van der Waals surface area (Å²) in [5, 5.41) is 11.4. The van der Waals surface area contributed by atoms with Gasteiger partial charge < -0.3 is 14.3 Å². The minimum absolute atomic E-state index is 0.0311. The molecule has 0 bridgehead atoms. The molecule has 0 aliphatic carbocycles. The number of rotatable bonds is 12. The third-order valence-electron chi connectivity index (χ3n) is 6.02. The first-order valence-electron chi connectivity index (χ1n) is 11.0. The number of hydrogen-bond donors (Lipinski definition) is 1. The molecule has 34 heavy (non-hydrogen) atoms. The van der Waals surface area contributed by atoms with E-state index < -0.39 is 30.9 Å². The summed E-state index contributed by atoms with van der Waals surface area (Å²) in [7, 11) is -4.31. The van der Waals surface area contributed by atoms with Crippen molar-refractivity contribution in [2.45, 2.75) is 50.2 Å². The summed E-state index contributed by atoms with van der Waals surface area (Å²) >= 11 is 1.52. The van der Waals surface area contributed by atoms with Crippen molar-refractivity contribution in [3.05, 3.63) is 52.2 Å². The second kappa shape index (κ2) is 11.6. The van der Waals surface area contributed by atoms with E-state index in [1.807, 2.05) is 23.6 Å². The molecule has 0 saturated heterocycles. The van der Waals surface area contributed by atoms with E-state index >= 15 is 0 Å². The highest BCUT2D eigenvalue weighted by Crippen LogP contribution is 2.36. The highest BCUT2D eigenvalue weighted by Gasteiger charge is 2.36. The zero-order valence-corrected chi connectivity index (χ0v) is 23.3. The number of aliphatic carboxylic acids is 1. The van der Waals surface area contributed by atoms with Crippen molar-refractivity contribution in [2.24, 2.45) is 0 Å². The molecule has 2 aromatic rings. The molecule has 188 valence electrons. The van der Waals surface area contributed by atoms with Crippen LogP contribution in [0.15, 0.2) is 46.7 Å². The van der Waals surface area contributed by atoms with E-state index in [4.69, 9.17) is 9.16 Å². The third-order valence-corrected chi connectivity index (χ3v) is 13.4. The lowest BCUT2D eigenvalue weighted by Crippen LogP contribution is -2.40. The summed E-state index contributed by atoms with van der Waals surface area (Å²) in [6.45, 7) is 11.0. The van der Waals surface area contributed by atoms with Crippen LogP contribution in [0.2, 0.25) is 18.1 Å². The van der Waals surface area contributed by atoms with Gasteiger partial charge in [0.15, 0.2) is 8.32 Å². The van der Waals surface area contributed by atoms with E-state index in [0.717, 1.165) is 14.7 Å². The Hall–Kier alpha value is -1.98. The van der Waals surface area contributed by atoms with Crippen LogP contribution in [-0.2, 0) is 25.7 Å². The molecule has 10 heteroatoms. The molecular weight excluding hydrogens is 490 g/mol. The van der Waals surface area contributed by atoms with Gasteiger partial charge in [-0.1, -0.05) is 32.9 Å². The van der Waals surface area contributed by atoms with Crippen LogP contribution in [-0.4, -0.2) is 58.9 Å². The Balaban J connectivity index is 2.11. The number of carboxylic acids is 1. The van der Waals surface area contributed by atoms with Crippen molar-refractivity contribution in [1.29, 1.82) is 0 Å². The Morgan fingerprint density at radius 3 is 2.38 bits per heavy atom. The molecule has 7 nitrogen and oxygen atoms in total. The van der Waals surface area contributed by atoms with Crippen LogP contribution in [0.25, 0.3) is 6.08 Å². The molecule has 1 aromatic carbocycles. The number of carbonyl (C=O) groups is 1. The van der Waals surface area contributed by atoms with E-state index in [1.165, 1.54) is 30.6 Å². The molecule has 0 fully saturated rings. The summed E-state index contributed by atoms with van der Waals surface area (Å²) in [6, 6.07) is 7.90. The Morgan fingerprint density at radius 1 is 1.18 bits per heavy atom. The molecular formula is C24H35NO6S2Si. The Bertz CT molecular complexity index is 1090. The molecule has 0 spiro atoms. The van der Waals surface area contributed by atoms with Gasteiger partial charge in [-0.25, -0.2) is 8.42 Å². The number of methoxy groups -OCH3 is 1. The lowest BCUT2D eigenvalue weighted by atomic mass is 10.2. The second-order valence-corrected chi connectivity index (χ2v) is 17.2. The second-order valence-electron chi connectivity index (χ2n) is 9.43. The molecule has 0 radical (unpaired) electrons. The van der Waals surface area contributed by atoms with E-state index in [9.17, 15) is 18.3 Å². The number of ether oxygens (including phenoxy) is 1. The number of sulfonamides is 1. The van der Waals surface area contributed by atoms with Crippen molar-refractivity contribution in [3.8, 4) is 5.75 Å². The van der Waals surface area contributed by atoms with Crippen molar-refractivity contribution < 1.29 is 27.5 Å². The molecule has 1 N–H and O–H groups in total. The molecule has 0 aliphatic rings. The van der Waals surface area contributed by atoms with Gasteiger partial charge >= 0.3 is 5.97 Å². The zero-order chi connectivity index (χ0) is 25.6. The lowest BCUT2D eigenvalue weighted by molar-refractivity contribution is -0.137. The highest BCUT2D eigenvalue weighted by atomic mass is 32.2. The highest BCUT2D eigenvalue weighted by molar-refractivity contribution is 7.89. The minimum atomic E-state index is -3.97. The normalized spacial score (nSPS) is 13.0. The predicted octanol–water partition coefficient (Wildman–Crippen LogP) is 5.11. The van der Waals surface area contributed by atoms with Gasteiger partial charge in [0.1, 0.15) is 12.3 Å². The summed E-state index contributed by atoms with van der Waals surface area (Å²) in [5.74, 6) is -0.678. The maximum absolute atomic E-state index is 13.1. The van der Waals surface area contributed by atoms with Gasteiger partial charge in [0.2, 0.25) is 10.0 Å². The van der Waals surface area contributed by atoms with E-state index in [2.05, 4.69) is 33.9 Å². The lowest BCUT2D eigenvalue weighted by Gasteiger charge is -2.35. The van der Waals surface area contributed by atoms with Gasteiger partial charge in [-0.2, -0.15) is 4.31 Å². The fourth-order valence-corrected chi connectivity index (χ4v) is 6.10. The summed E-state index contributed by atoms with van der Waals surface area (Å²) in [4.78, 5) is 12.4. The standard InChI is InChI=1S/C24H35NO6S2Si/c1-24(2,3)34(5,6)31-16-7-8-19-14-17-32-22(19)13-15-25(18-23(26)27)33(28,29)21-11-9-20(30-4)10-12-21/h7-12,14,17H,13,15-16,18H2,1-6H3,(H,26,27). The number of nitrogens with zero attached hydrogens (tertiary/aromatic N) is 1. The first-order chi connectivity index (χ1) is 15.8. The molecule has 0 unspecified atom stereocenters. The molecule has 1 aromatic heterocycles. The van der Waals surface area contributed by atoms with Crippen LogP contribution >= 0.6 is 11.3 Å². The maximum Gasteiger partial charge on any atom is 0.318 e. The predicted molar refractivity (Wildman–Crippen MR) is 140 cm³/mol. The van der Waals surface area contributed by atoms with Gasteiger partial charge in [-0.15, -0.1) is 11.3 Å². The first kappa shape index (κ1) is 28.3. The molecule has 0 saturated carbocycles. The SMILES string of the molecule is COc1ccc(S(=O)(=O)N(CCc2sccc2C=CCO[Si](C)(C)C(C)(C)C)CC(=O)O)cc1. The number of thiophene rings is 1. The average molecular weight is 526 g/mol. The average Bonchev–Trinajstić information content (AvgIpc) is 3.20. The smallest absolute Gasteiger partial charge is 0.318 e. The van der Waals surface area contributed by atoms with Gasteiger partial charge in [-0.3, -0.25) is 4.79 Å². The summed E-state index contributed by atoms with van der Waals surface area (Å²) < 4.78 is 38.5. The van der Waals surface area contributed by atoms with Gasteiger partial charge in [-0.05, 0) is 65.8 Å². The van der Waals surface area contributed by atoms with Crippen LogP contribution in [0, 0.1) is 0 Å². The Labute approximate surface area is 208 Å². The molecule has 0 atom stereocenters. The van der Waals surface area contributed by atoms with Crippen LogP contribution < -0.4 is 4.74 Å². The van der Waals surface area contributed by atoms with Crippen LogP contribution in [0.3, 0.4) is 0 Å². The largest absolute Gasteiger partial charge is 0.497 e. The maximum atomic E-state index is 13.1. The van der Waals surface area contributed by atoms with Gasteiger partial charge in [0.25, 0.3) is 0 Å². The van der Waals surface area contributed by atoms with E-state index in [-0.39, 0.29) is 16.5 Å².